The number of ether oxygens (including phenoxy) is 2. The van der Waals surface area contributed by atoms with Crippen LogP contribution in [0.1, 0.15) is 21.6 Å². The van der Waals surface area contributed by atoms with Crippen LogP contribution in [0.3, 0.4) is 0 Å². The predicted molar refractivity (Wildman–Crippen MR) is 114 cm³/mol. The standard InChI is InChI=1S/C23H20FN3O4/c1-12-9-19(29-3)20(30-4)11-17(12)25-22(28)16-10-18(14-5-7-15(24)8-6-14)26-23-21(16)13(2)27-31-23/h5-11H,1-4H3,(H,25,28). The lowest BCUT2D eigenvalue weighted by Gasteiger charge is -2.14. The van der Waals surface area contributed by atoms with Crippen LogP contribution in [0.2, 0.25) is 0 Å². The second-order valence-electron chi connectivity index (χ2n) is 6.99. The molecule has 7 nitrogen and oxygen atoms in total. The van der Waals surface area contributed by atoms with Gasteiger partial charge in [-0.1, -0.05) is 5.16 Å². The summed E-state index contributed by atoms with van der Waals surface area (Å²) < 4.78 is 29.3. The molecule has 0 atom stereocenters. The van der Waals surface area contributed by atoms with Crippen molar-refractivity contribution in [1.82, 2.24) is 10.1 Å². The number of carbonyl (C=O) groups is 1. The Hall–Kier alpha value is -3.94. The van der Waals surface area contributed by atoms with Gasteiger partial charge in [-0.25, -0.2) is 9.37 Å². The third kappa shape index (κ3) is 3.79. The molecule has 4 aromatic rings. The number of methoxy groups -OCH3 is 2. The average Bonchev–Trinajstić information content (AvgIpc) is 3.15. The minimum Gasteiger partial charge on any atom is -0.493 e. The van der Waals surface area contributed by atoms with Gasteiger partial charge in [-0.15, -0.1) is 0 Å². The first-order valence-electron chi connectivity index (χ1n) is 9.48. The van der Waals surface area contributed by atoms with E-state index in [-0.39, 0.29) is 17.4 Å². The number of nitrogens with zero attached hydrogens (tertiary/aromatic N) is 2. The molecule has 0 saturated heterocycles. The maximum atomic E-state index is 13.3. The number of halogens is 1. The Kier molecular flexibility index (Phi) is 5.29. The molecule has 0 fully saturated rings. The Balaban J connectivity index is 1.79. The van der Waals surface area contributed by atoms with Gasteiger partial charge in [0.05, 0.1) is 36.6 Å². The van der Waals surface area contributed by atoms with Crippen LogP contribution in [0, 0.1) is 19.7 Å². The number of anilines is 1. The fourth-order valence-electron chi connectivity index (χ4n) is 3.35. The zero-order chi connectivity index (χ0) is 22.1. The van der Waals surface area contributed by atoms with Gasteiger partial charge in [0.2, 0.25) is 0 Å². The number of aromatic nitrogens is 2. The van der Waals surface area contributed by atoms with E-state index in [0.717, 1.165) is 5.56 Å². The first-order chi connectivity index (χ1) is 14.9. The van der Waals surface area contributed by atoms with Gasteiger partial charge < -0.3 is 19.3 Å². The highest BCUT2D eigenvalue weighted by Crippen LogP contribution is 2.34. The van der Waals surface area contributed by atoms with E-state index in [4.69, 9.17) is 14.0 Å². The summed E-state index contributed by atoms with van der Waals surface area (Å²) in [6, 6.07) is 11.0. The topological polar surface area (TPSA) is 86.5 Å². The summed E-state index contributed by atoms with van der Waals surface area (Å²) in [5.41, 5.74) is 3.61. The number of aryl methyl sites for hydroxylation is 2. The monoisotopic (exact) mass is 421 g/mol. The van der Waals surface area contributed by atoms with Crippen molar-refractivity contribution in [3.05, 3.63) is 65.1 Å². The lowest BCUT2D eigenvalue weighted by atomic mass is 10.0. The molecule has 0 radical (unpaired) electrons. The lowest BCUT2D eigenvalue weighted by molar-refractivity contribution is 0.102. The van der Waals surface area contributed by atoms with Crippen molar-refractivity contribution in [2.75, 3.05) is 19.5 Å². The van der Waals surface area contributed by atoms with Crippen LogP contribution in [0.25, 0.3) is 22.4 Å². The van der Waals surface area contributed by atoms with E-state index in [0.29, 0.717) is 45.1 Å². The van der Waals surface area contributed by atoms with E-state index < -0.39 is 0 Å². The first kappa shape index (κ1) is 20.3. The Labute approximate surface area is 177 Å². The van der Waals surface area contributed by atoms with E-state index in [1.807, 2.05) is 6.92 Å². The van der Waals surface area contributed by atoms with Gasteiger partial charge in [0, 0.05) is 17.3 Å². The van der Waals surface area contributed by atoms with Crippen molar-refractivity contribution >= 4 is 22.7 Å². The van der Waals surface area contributed by atoms with E-state index in [1.165, 1.54) is 19.2 Å². The van der Waals surface area contributed by atoms with Crippen LogP contribution in [-0.2, 0) is 0 Å². The fraction of sp³-hybridized carbons (Fsp3) is 0.174. The maximum Gasteiger partial charge on any atom is 0.259 e. The Morgan fingerprint density at radius 1 is 1.03 bits per heavy atom. The van der Waals surface area contributed by atoms with Gasteiger partial charge in [0.25, 0.3) is 11.6 Å². The normalized spacial score (nSPS) is 10.9. The zero-order valence-corrected chi connectivity index (χ0v) is 17.4. The maximum absolute atomic E-state index is 13.3. The third-order valence-electron chi connectivity index (χ3n) is 4.98. The minimum absolute atomic E-state index is 0.230. The molecule has 0 aliphatic carbocycles. The quantitative estimate of drug-likeness (QED) is 0.492. The first-order valence-corrected chi connectivity index (χ1v) is 9.48. The van der Waals surface area contributed by atoms with Gasteiger partial charge in [-0.3, -0.25) is 4.79 Å². The van der Waals surface area contributed by atoms with E-state index >= 15 is 0 Å². The van der Waals surface area contributed by atoms with Gasteiger partial charge in [0.1, 0.15) is 5.82 Å². The molecule has 4 rings (SSSR count). The molecule has 0 aliphatic rings. The van der Waals surface area contributed by atoms with Crippen molar-refractivity contribution in [1.29, 1.82) is 0 Å². The molecule has 0 aliphatic heterocycles. The number of nitrogens with one attached hydrogen (secondary N) is 1. The summed E-state index contributed by atoms with van der Waals surface area (Å²) >= 11 is 0. The SMILES string of the molecule is COc1cc(C)c(NC(=O)c2cc(-c3ccc(F)cc3)nc3onc(C)c23)cc1OC. The van der Waals surface area contributed by atoms with Crippen molar-refractivity contribution in [2.45, 2.75) is 13.8 Å². The Morgan fingerprint density at radius 2 is 1.71 bits per heavy atom. The number of rotatable bonds is 5. The minimum atomic E-state index is -0.364. The van der Waals surface area contributed by atoms with Crippen LogP contribution in [0.15, 0.2) is 47.0 Å². The summed E-state index contributed by atoms with van der Waals surface area (Å²) in [6.07, 6.45) is 0. The number of fused-ring (bicyclic) bond motifs is 1. The van der Waals surface area contributed by atoms with Crippen molar-refractivity contribution in [3.8, 4) is 22.8 Å². The molecule has 0 spiro atoms. The van der Waals surface area contributed by atoms with Gasteiger partial charge in [-0.2, -0.15) is 0 Å². The highest BCUT2D eigenvalue weighted by atomic mass is 19.1. The molecule has 1 N–H and O–H groups in total. The largest absolute Gasteiger partial charge is 0.493 e. The average molecular weight is 421 g/mol. The number of hydrogen-bond donors (Lipinski definition) is 1. The smallest absolute Gasteiger partial charge is 0.259 e. The molecule has 31 heavy (non-hydrogen) atoms. The highest BCUT2D eigenvalue weighted by molar-refractivity contribution is 6.13. The van der Waals surface area contributed by atoms with E-state index in [9.17, 15) is 9.18 Å². The van der Waals surface area contributed by atoms with Crippen LogP contribution in [0.4, 0.5) is 10.1 Å². The highest BCUT2D eigenvalue weighted by Gasteiger charge is 2.21. The van der Waals surface area contributed by atoms with Crippen molar-refractivity contribution < 1.29 is 23.2 Å². The molecular weight excluding hydrogens is 401 g/mol. The number of amides is 1. The third-order valence-corrected chi connectivity index (χ3v) is 4.98. The molecule has 0 saturated carbocycles. The summed E-state index contributed by atoms with van der Waals surface area (Å²) in [6.45, 7) is 3.60. The summed E-state index contributed by atoms with van der Waals surface area (Å²) in [5.74, 6) is 0.342. The second kappa shape index (κ2) is 8.06. The molecule has 2 heterocycles. The zero-order valence-electron chi connectivity index (χ0n) is 17.4. The molecule has 8 heteroatoms. The summed E-state index contributed by atoms with van der Waals surface area (Å²) in [7, 11) is 3.08. The van der Waals surface area contributed by atoms with E-state index in [2.05, 4.69) is 15.5 Å². The van der Waals surface area contributed by atoms with Crippen LogP contribution in [0.5, 0.6) is 11.5 Å². The molecule has 158 valence electrons. The fourth-order valence-corrected chi connectivity index (χ4v) is 3.35. The molecular formula is C23H20FN3O4. The number of hydrogen-bond acceptors (Lipinski definition) is 6. The van der Waals surface area contributed by atoms with E-state index in [1.54, 1.807) is 44.4 Å². The van der Waals surface area contributed by atoms with Crippen LogP contribution in [-0.4, -0.2) is 30.3 Å². The Bertz CT molecular complexity index is 1280. The van der Waals surface area contributed by atoms with Crippen molar-refractivity contribution in [3.63, 3.8) is 0 Å². The number of benzene rings is 2. The second-order valence-corrected chi connectivity index (χ2v) is 6.99. The molecule has 0 bridgehead atoms. The number of pyridine rings is 1. The van der Waals surface area contributed by atoms with Crippen molar-refractivity contribution in [2.24, 2.45) is 0 Å². The van der Waals surface area contributed by atoms with Crippen LogP contribution >= 0.6 is 0 Å². The predicted octanol–water partition coefficient (Wildman–Crippen LogP) is 4.92. The van der Waals surface area contributed by atoms with Gasteiger partial charge in [0.15, 0.2) is 11.5 Å². The van der Waals surface area contributed by atoms with Gasteiger partial charge in [-0.05, 0) is 55.8 Å². The summed E-state index contributed by atoms with van der Waals surface area (Å²) in [4.78, 5) is 17.7. The summed E-state index contributed by atoms with van der Waals surface area (Å²) in [5, 5.41) is 7.38. The Morgan fingerprint density at radius 3 is 2.39 bits per heavy atom. The van der Waals surface area contributed by atoms with Gasteiger partial charge >= 0.3 is 0 Å². The number of carbonyl (C=O) groups excluding carboxylic acids is 1. The lowest BCUT2D eigenvalue weighted by Crippen LogP contribution is -2.14. The molecule has 1 amide bonds. The molecule has 0 unspecified atom stereocenters. The molecule has 2 aromatic carbocycles. The molecule has 2 aromatic heterocycles. The van der Waals surface area contributed by atoms with Crippen LogP contribution < -0.4 is 14.8 Å².